The number of hydrogen-bond donors (Lipinski definition) is 2. The first kappa shape index (κ1) is 18.5. The van der Waals surface area contributed by atoms with Gasteiger partial charge in [0.05, 0.1) is 5.39 Å². The number of nitrogens with zero attached hydrogens (tertiary/aromatic N) is 3. The molecule has 1 aliphatic heterocycles. The van der Waals surface area contributed by atoms with E-state index in [1.54, 1.807) is 17.7 Å². The molecule has 146 valence electrons. The Bertz CT molecular complexity index is 806. The van der Waals surface area contributed by atoms with E-state index >= 15 is 0 Å². The highest BCUT2D eigenvalue weighted by atomic mass is 32.1. The maximum Gasteiger partial charge on any atom is 0.315 e. The van der Waals surface area contributed by atoms with Crippen molar-refractivity contribution in [3.63, 3.8) is 0 Å². The van der Waals surface area contributed by atoms with Crippen LogP contribution in [-0.4, -0.2) is 41.2 Å². The maximum absolute atomic E-state index is 12.3. The molecule has 0 spiro atoms. The highest BCUT2D eigenvalue weighted by Gasteiger charge is 2.25. The van der Waals surface area contributed by atoms with Gasteiger partial charge >= 0.3 is 6.03 Å². The Morgan fingerprint density at radius 2 is 1.70 bits per heavy atom. The van der Waals surface area contributed by atoms with E-state index < -0.39 is 0 Å². The molecule has 0 radical (unpaired) electrons. The van der Waals surface area contributed by atoms with Crippen LogP contribution in [0.5, 0.6) is 0 Å². The molecule has 0 bridgehead atoms. The molecule has 2 aliphatic rings. The lowest BCUT2D eigenvalue weighted by Gasteiger charge is -2.34. The Balaban J connectivity index is 1.34. The number of amides is 2. The van der Waals surface area contributed by atoms with Gasteiger partial charge in [0.25, 0.3) is 0 Å². The lowest BCUT2D eigenvalue weighted by Crippen LogP contribution is -2.50. The molecular weight excluding hydrogens is 358 g/mol. The van der Waals surface area contributed by atoms with Crippen LogP contribution in [0.15, 0.2) is 6.33 Å². The quantitative estimate of drug-likeness (QED) is 0.838. The van der Waals surface area contributed by atoms with Gasteiger partial charge in [0.1, 0.15) is 17.0 Å². The third kappa shape index (κ3) is 4.03. The molecule has 0 aromatic carbocycles. The number of piperidine rings is 1. The fourth-order valence-corrected chi connectivity index (χ4v) is 5.29. The van der Waals surface area contributed by atoms with Crippen LogP contribution in [0.4, 0.5) is 10.6 Å². The number of rotatable bonds is 3. The molecule has 4 rings (SSSR count). The monoisotopic (exact) mass is 387 g/mol. The van der Waals surface area contributed by atoms with Crippen molar-refractivity contribution >= 4 is 33.4 Å². The Hall–Kier alpha value is -1.89. The highest BCUT2D eigenvalue weighted by molar-refractivity contribution is 7.18. The molecule has 6 nitrogen and oxygen atoms in total. The molecule has 1 aliphatic carbocycles. The molecule has 1 saturated carbocycles. The average Bonchev–Trinajstić information content (AvgIpc) is 2.97. The number of anilines is 1. The van der Waals surface area contributed by atoms with Gasteiger partial charge in [-0.15, -0.1) is 11.3 Å². The fourth-order valence-electron chi connectivity index (χ4n) is 4.30. The summed E-state index contributed by atoms with van der Waals surface area (Å²) in [6.45, 7) is 6.13. The van der Waals surface area contributed by atoms with Gasteiger partial charge in [-0.1, -0.05) is 19.3 Å². The standard InChI is InChI=1S/C20H29N5OS/c1-13-14(2)27-19-17(13)18(21-12-22-19)25-10-8-16(9-11-25)24-20(26)23-15-6-4-3-5-7-15/h12,15-16H,3-11H2,1-2H3,(H2,23,24,26). The number of aryl methyl sites for hydroxylation is 2. The van der Waals surface area contributed by atoms with Crippen molar-refractivity contribution in [1.29, 1.82) is 0 Å². The molecular formula is C20H29N5OS. The number of fused-ring (bicyclic) bond motifs is 1. The van der Waals surface area contributed by atoms with Crippen molar-refractivity contribution in [1.82, 2.24) is 20.6 Å². The third-order valence-electron chi connectivity index (χ3n) is 6.02. The summed E-state index contributed by atoms with van der Waals surface area (Å²) in [6.07, 6.45) is 9.59. The number of thiophene rings is 1. The van der Waals surface area contributed by atoms with Crippen molar-refractivity contribution in [3.8, 4) is 0 Å². The molecule has 2 amide bonds. The maximum atomic E-state index is 12.3. The van der Waals surface area contributed by atoms with Crippen LogP contribution in [-0.2, 0) is 0 Å². The lowest BCUT2D eigenvalue weighted by molar-refractivity contribution is 0.226. The van der Waals surface area contributed by atoms with E-state index in [2.05, 4.69) is 39.3 Å². The number of carbonyl (C=O) groups excluding carboxylic acids is 1. The number of aromatic nitrogens is 2. The number of carbonyl (C=O) groups is 1. The molecule has 1 saturated heterocycles. The van der Waals surface area contributed by atoms with Crippen molar-refractivity contribution in [2.45, 2.75) is 70.9 Å². The third-order valence-corrected chi connectivity index (χ3v) is 7.13. The Kier molecular flexibility index (Phi) is 5.48. The first-order chi connectivity index (χ1) is 13.1. The van der Waals surface area contributed by atoms with Gasteiger partial charge in [0, 0.05) is 30.1 Å². The molecule has 2 N–H and O–H groups in total. The van der Waals surface area contributed by atoms with Gasteiger partial charge < -0.3 is 15.5 Å². The summed E-state index contributed by atoms with van der Waals surface area (Å²) in [5.74, 6) is 1.05. The zero-order valence-electron chi connectivity index (χ0n) is 16.3. The van der Waals surface area contributed by atoms with Gasteiger partial charge in [-0.3, -0.25) is 0 Å². The molecule has 3 heterocycles. The van der Waals surface area contributed by atoms with Gasteiger partial charge in [0.2, 0.25) is 0 Å². The molecule has 7 heteroatoms. The predicted octanol–water partition coefficient (Wildman–Crippen LogP) is 3.91. The predicted molar refractivity (Wildman–Crippen MR) is 111 cm³/mol. The van der Waals surface area contributed by atoms with Crippen LogP contribution in [0.1, 0.15) is 55.4 Å². The second kappa shape index (κ2) is 8.00. The Morgan fingerprint density at radius 1 is 1.04 bits per heavy atom. The van der Waals surface area contributed by atoms with E-state index in [0.717, 1.165) is 49.4 Å². The van der Waals surface area contributed by atoms with Crippen molar-refractivity contribution in [3.05, 3.63) is 16.8 Å². The number of hydrogen-bond acceptors (Lipinski definition) is 5. The van der Waals surface area contributed by atoms with Crippen LogP contribution in [0.3, 0.4) is 0 Å². The highest BCUT2D eigenvalue weighted by Crippen LogP contribution is 2.35. The van der Waals surface area contributed by atoms with Gasteiger partial charge in [0.15, 0.2) is 0 Å². The summed E-state index contributed by atoms with van der Waals surface area (Å²) in [7, 11) is 0. The minimum Gasteiger partial charge on any atom is -0.356 e. The first-order valence-corrected chi connectivity index (χ1v) is 11.0. The first-order valence-electron chi connectivity index (χ1n) is 10.1. The summed E-state index contributed by atoms with van der Waals surface area (Å²) in [4.78, 5) is 26.1. The van der Waals surface area contributed by atoms with Crippen LogP contribution in [0, 0.1) is 13.8 Å². The smallest absolute Gasteiger partial charge is 0.315 e. The minimum absolute atomic E-state index is 0.00841. The Morgan fingerprint density at radius 3 is 2.41 bits per heavy atom. The molecule has 2 aromatic heterocycles. The summed E-state index contributed by atoms with van der Waals surface area (Å²) >= 11 is 1.74. The summed E-state index contributed by atoms with van der Waals surface area (Å²) in [5, 5.41) is 7.54. The van der Waals surface area contributed by atoms with E-state index in [1.807, 2.05) is 0 Å². The topological polar surface area (TPSA) is 70.2 Å². The summed E-state index contributed by atoms with van der Waals surface area (Å²) in [6, 6.07) is 0.611. The zero-order chi connectivity index (χ0) is 18.8. The fraction of sp³-hybridized carbons (Fsp3) is 0.650. The van der Waals surface area contributed by atoms with Gasteiger partial charge in [-0.2, -0.15) is 0 Å². The van der Waals surface area contributed by atoms with Crippen LogP contribution >= 0.6 is 11.3 Å². The SMILES string of the molecule is Cc1sc2ncnc(N3CCC(NC(=O)NC4CCCCC4)CC3)c2c1C. The molecule has 2 aromatic rings. The van der Waals surface area contributed by atoms with E-state index in [9.17, 15) is 4.79 Å². The van der Waals surface area contributed by atoms with Crippen LogP contribution in [0.25, 0.3) is 10.2 Å². The summed E-state index contributed by atoms with van der Waals surface area (Å²) < 4.78 is 0. The van der Waals surface area contributed by atoms with E-state index in [1.165, 1.54) is 35.1 Å². The number of urea groups is 1. The average molecular weight is 388 g/mol. The van der Waals surface area contributed by atoms with E-state index in [0.29, 0.717) is 6.04 Å². The van der Waals surface area contributed by atoms with Crippen molar-refractivity contribution in [2.75, 3.05) is 18.0 Å². The van der Waals surface area contributed by atoms with E-state index in [-0.39, 0.29) is 12.1 Å². The molecule has 0 atom stereocenters. The summed E-state index contributed by atoms with van der Waals surface area (Å²) in [5.41, 5.74) is 1.29. The van der Waals surface area contributed by atoms with Crippen LogP contribution in [0.2, 0.25) is 0 Å². The van der Waals surface area contributed by atoms with Crippen LogP contribution < -0.4 is 15.5 Å². The lowest BCUT2D eigenvalue weighted by atomic mass is 9.96. The van der Waals surface area contributed by atoms with Gasteiger partial charge in [-0.05, 0) is 45.1 Å². The second-order valence-electron chi connectivity index (χ2n) is 7.87. The minimum atomic E-state index is 0.00841. The number of nitrogens with one attached hydrogen (secondary N) is 2. The second-order valence-corrected chi connectivity index (χ2v) is 9.08. The Labute approximate surface area is 164 Å². The molecule has 0 unspecified atom stereocenters. The normalized spacial score (nSPS) is 19.4. The van der Waals surface area contributed by atoms with Crippen molar-refractivity contribution < 1.29 is 4.79 Å². The molecule has 2 fully saturated rings. The largest absolute Gasteiger partial charge is 0.356 e. The molecule has 27 heavy (non-hydrogen) atoms. The van der Waals surface area contributed by atoms with Crippen molar-refractivity contribution in [2.24, 2.45) is 0 Å². The van der Waals surface area contributed by atoms with E-state index in [4.69, 9.17) is 0 Å². The zero-order valence-corrected chi connectivity index (χ0v) is 17.1. The van der Waals surface area contributed by atoms with Gasteiger partial charge in [-0.25, -0.2) is 14.8 Å².